The van der Waals surface area contributed by atoms with Gasteiger partial charge in [-0.1, -0.05) is 23.7 Å². The van der Waals surface area contributed by atoms with E-state index in [0.29, 0.717) is 6.61 Å². The Labute approximate surface area is 126 Å². The second kappa shape index (κ2) is 8.63. The molecule has 20 heavy (non-hydrogen) atoms. The largest absolute Gasteiger partial charge is 0.391 e. The third-order valence-corrected chi connectivity index (χ3v) is 4.05. The number of aliphatic hydroxyl groups is 1. The molecule has 4 heteroatoms. The van der Waals surface area contributed by atoms with Crippen LogP contribution < -0.4 is 5.32 Å². The van der Waals surface area contributed by atoms with Crippen LogP contribution in [0.25, 0.3) is 0 Å². The summed E-state index contributed by atoms with van der Waals surface area (Å²) < 4.78 is 4.81. The maximum Gasteiger partial charge on any atom is 0.0795 e. The summed E-state index contributed by atoms with van der Waals surface area (Å²) in [7, 11) is 0. The molecule has 1 aromatic rings. The van der Waals surface area contributed by atoms with Crippen LogP contribution in [-0.4, -0.2) is 37.5 Å². The minimum atomic E-state index is -0.176. The van der Waals surface area contributed by atoms with Gasteiger partial charge in [0.05, 0.1) is 12.7 Å². The first-order chi connectivity index (χ1) is 9.74. The molecule has 0 aromatic heterocycles. The number of ether oxygens (including phenoxy) is 1. The van der Waals surface area contributed by atoms with Gasteiger partial charge >= 0.3 is 0 Å². The molecule has 0 saturated carbocycles. The highest BCUT2D eigenvalue weighted by Gasteiger charge is 2.13. The number of halogens is 1. The summed E-state index contributed by atoms with van der Waals surface area (Å²) in [6.45, 7) is 3.64. The minimum Gasteiger partial charge on any atom is -0.391 e. The summed E-state index contributed by atoms with van der Waals surface area (Å²) in [5.41, 5.74) is 1.42. The molecule has 0 bridgehead atoms. The number of benzene rings is 1. The van der Waals surface area contributed by atoms with Gasteiger partial charge in [0.2, 0.25) is 0 Å². The van der Waals surface area contributed by atoms with Gasteiger partial charge in [-0.3, -0.25) is 0 Å². The Morgan fingerprint density at radius 3 is 2.35 bits per heavy atom. The SMILES string of the molecule is Clc1ccc(CC2CCNCC2)cc1.OC1CCOC1. The van der Waals surface area contributed by atoms with Crippen molar-refractivity contribution in [2.75, 3.05) is 26.3 Å². The van der Waals surface area contributed by atoms with Gasteiger partial charge in [-0.15, -0.1) is 0 Å². The number of aliphatic hydroxyl groups excluding tert-OH is 1. The zero-order valence-electron chi connectivity index (χ0n) is 11.9. The second-order valence-corrected chi connectivity index (χ2v) is 5.98. The summed E-state index contributed by atoms with van der Waals surface area (Å²) in [6, 6.07) is 8.25. The van der Waals surface area contributed by atoms with Crippen LogP contribution in [0.5, 0.6) is 0 Å². The summed E-state index contributed by atoms with van der Waals surface area (Å²) in [5, 5.41) is 12.8. The monoisotopic (exact) mass is 297 g/mol. The highest BCUT2D eigenvalue weighted by atomic mass is 35.5. The van der Waals surface area contributed by atoms with E-state index in [1.807, 2.05) is 12.1 Å². The van der Waals surface area contributed by atoms with Gasteiger partial charge in [-0.05, 0) is 62.4 Å². The maximum absolute atomic E-state index is 8.60. The molecule has 2 N–H and O–H groups in total. The molecule has 0 radical (unpaired) electrons. The Hall–Kier alpha value is -0.610. The van der Waals surface area contributed by atoms with Crippen LogP contribution in [0.4, 0.5) is 0 Å². The smallest absolute Gasteiger partial charge is 0.0795 e. The van der Waals surface area contributed by atoms with E-state index >= 15 is 0 Å². The Morgan fingerprint density at radius 1 is 1.15 bits per heavy atom. The van der Waals surface area contributed by atoms with Crippen molar-refractivity contribution in [3.05, 3.63) is 34.9 Å². The van der Waals surface area contributed by atoms with Gasteiger partial charge in [0, 0.05) is 11.6 Å². The molecule has 1 aromatic carbocycles. The summed E-state index contributed by atoms with van der Waals surface area (Å²) in [4.78, 5) is 0. The summed E-state index contributed by atoms with van der Waals surface area (Å²) >= 11 is 5.84. The van der Waals surface area contributed by atoms with Gasteiger partial charge in [0.15, 0.2) is 0 Å². The third kappa shape index (κ3) is 5.80. The number of piperidine rings is 1. The fourth-order valence-corrected chi connectivity index (χ4v) is 2.69. The average Bonchev–Trinajstić information content (AvgIpc) is 2.94. The zero-order chi connectivity index (χ0) is 14.2. The molecule has 2 heterocycles. The molecule has 3 rings (SSSR count). The Kier molecular flexibility index (Phi) is 6.80. The van der Waals surface area contributed by atoms with Crippen molar-refractivity contribution >= 4 is 11.6 Å². The van der Waals surface area contributed by atoms with E-state index in [4.69, 9.17) is 21.4 Å². The lowest BCUT2D eigenvalue weighted by molar-refractivity contribution is 0.127. The first-order valence-corrected chi connectivity index (χ1v) is 7.83. The Morgan fingerprint density at radius 2 is 1.85 bits per heavy atom. The van der Waals surface area contributed by atoms with Crippen LogP contribution >= 0.6 is 11.6 Å². The van der Waals surface area contributed by atoms with Gasteiger partial charge in [0.25, 0.3) is 0 Å². The molecule has 0 spiro atoms. The number of nitrogens with one attached hydrogen (secondary N) is 1. The van der Waals surface area contributed by atoms with Crippen LogP contribution in [0.15, 0.2) is 24.3 Å². The number of rotatable bonds is 2. The third-order valence-electron chi connectivity index (χ3n) is 3.80. The van der Waals surface area contributed by atoms with Crippen molar-refractivity contribution < 1.29 is 9.84 Å². The van der Waals surface area contributed by atoms with Crippen LogP contribution in [0, 0.1) is 5.92 Å². The molecule has 2 aliphatic rings. The molecule has 0 aliphatic carbocycles. The first-order valence-electron chi connectivity index (χ1n) is 7.45. The molecule has 112 valence electrons. The number of hydrogen-bond donors (Lipinski definition) is 2. The topological polar surface area (TPSA) is 41.5 Å². The maximum atomic E-state index is 8.60. The van der Waals surface area contributed by atoms with Crippen molar-refractivity contribution in [3.8, 4) is 0 Å². The van der Waals surface area contributed by atoms with E-state index in [-0.39, 0.29) is 6.10 Å². The Balaban J connectivity index is 0.000000205. The molecule has 1 unspecified atom stereocenters. The van der Waals surface area contributed by atoms with Gasteiger partial charge < -0.3 is 15.2 Å². The quantitative estimate of drug-likeness (QED) is 0.882. The highest BCUT2D eigenvalue weighted by Crippen LogP contribution is 2.19. The molecule has 2 aliphatic heterocycles. The van der Waals surface area contributed by atoms with E-state index in [9.17, 15) is 0 Å². The summed E-state index contributed by atoms with van der Waals surface area (Å²) in [5.74, 6) is 0.859. The number of hydrogen-bond acceptors (Lipinski definition) is 3. The van der Waals surface area contributed by atoms with E-state index in [0.717, 1.165) is 24.0 Å². The van der Waals surface area contributed by atoms with E-state index in [1.165, 1.54) is 37.9 Å². The molecular weight excluding hydrogens is 274 g/mol. The lowest BCUT2D eigenvalue weighted by atomic mass is 9.91. The minimum absolute atomic E-state index is 0.176. The van der Waals surface area contributed by atoms with Crippen LogP contribution in [0.2, 0.25) is 5.02 Å². The zero-order valence-corrected chi connectivity index (χ0v) is 12.6. The van der Waals surface area contributed by atoms with E-state index in [1.54, 1.807) is 0 Å². The van der Waals surface area contributed by atoms with Crippen LogP contribution in [0.3, 0.4) is 0 Å². The van der Waals surface area contributed by atoms with Crippen LogP contribution in [0.1, 0.15) is 24.8 Å². The molecule has 3 nitrogen and oxygen atoms in total. The standard InChI is InChI=1S/C12H16ClN.C4H8O2/c13-12-3-1-10(2-4-12)9-11-5-7-14-8-6-11;5-4-1-2-6-3-4/h1-4,11,14H,5-9H2;4-5H,1-3H2. The molecular formula is C16H24ClNO2. The molecule has 1 atom stereocenters. The van der Waals surface area contributed by atoms with E-state index in [2.05, 4.69) is 17.4 Å². The molecule has 2 saturated heterocycles. The first kappa shape index (κ1) is 15.8. The average molecular weight is 298 g/mol. The predicted molar refractivity (Wildman–Crippen MR) is 82.2 cm³/mol. The fourth-order valence-electron chi connectivity index (χ4n) is 2.56. The van der Waals surface area contributed by atoms with Gasteiger partial charge in [-0.25, -0.2) is 0 Å². The normalized spacial score (nSPS) is 23.2. The highest BCUT2D eigenvalue weighted by molar-refractivity contribution is 6.30. The van der Waals surface area contributed by atoms with Crippen LogP contribution in [-0.2, 0) is 11.2 Å². The van der Waals surface area contributed by atoms with Crippen molar-refractivity contribution in [2.45, 2.75) is 31.8 Å². The molecule has 0 amide bonds. The van der Waals surface area contributed by atoms with Crippen molar-refractivity contribution in [1.82, 2.24) is 5.32 Å². The molecule has 2 fully saturated rings. The van der Waals surface area contributed by atoms with Crippen molar-refractivity contribution in [3.63, 3.8) is 0 Å². The lowest BCUT2D eigenvalue weighted by Gasteiger charge is -2.22. The lowest BCUT2D eigenvalue weighted by Crippen LogP contribution is -2.28. The van der Waals surface area contributed by atoms with Crippen molar-refractivity contribution in [2.24, 2.45) is 5.92 Å². The fraction of sp³-hybridized carbons (Fsp3) is 0.625. The Bertz CT molecular complexity index is 371. The van der Waals surface area contributed by atoms with E-state index < -0.39 is 0 Å². The predicted octanol–water partition coefficient (Wildman–Crippen LogP) is 2.65. The second-order valence-electron chi connectivity index (χ2n) is 5.54. The van der Waals surface area contributed by atoms with Crippen molar-refractivity contribution in [1.29, 1.82) is 0 Å². The summed E-state index contributed by atoms with van der Waals surface area (Å²) in [6.07, 6.45) is 4.47. The van der Waals surface area contributed by atoms with Gasteiger partial charge in [-0.2, -0.15) is 0 Å². The van der Waals surface area contributed by atoms with Gasteiger partial charge in [0.1, 0.15) is 0 Å².